The number of rotatable bonds is 2. The van der Waals surface area contributed by atoms with Crippen LogP contribution in [0.25, 0.3) is 0 Å². The van der Waals surface area contributed by atoms with Crippen LogP contribution in [0.2, 0.25) is 0 Å². The summed E-state index contributed by atoms with van der Waals surface area (Å²) in [4.78, 5) is 10.7. The predicted molar refractivity (Wildman–Crippen MR) is 63.2 cm³/mol. The van der Waals surface area contributed by atoms with Gasteiger partial charge in [0.1, 0.15) is 0 Å². The van der Waals surface area contributed by atoms with Crippen molar-refractivity contribution in [3.8, 4) is 0 Å². The second-order valence-corrected chi connectivity index (χ2v) is 6.29. The van der Waals surface area contributed by atoms with Crippen molar-refractivity contribution in [3.05, 3.63) is 0 Å². The Hall–Kier alpha value is -0.570. The summed E-state index contributed by atoms with van der Waals surface area (Å²) in [6, 6.07) is 0. The number of carboxylic acids is 1. The van der Waals surface area contributed by atoms with Gasteiger partial charge in [-0.05, 0) is 37.0 Å². The second kappa shape index (κ2) is 4.74. The molecule has 0 aromatic heterocycles. The van der Waals surface area contributed by atoms with E-state index in [0.29, 0.717) is 18.8 Å². The Morgan fingerprint density at radius 3 is 2.44 bits per heavy atom. The van der Waals surface area contributed by atoms with Gasteiger partial charge in [-0.1, -0.05) is 27.2 Å². The van der Waals surface area contributed by atoms with E-state index in [2.05, 4.69) is 20.8 Å². The van der Waals surface area contributed by atoms with Gasteiger partial charge in [0.15, 0.2) is 0 Å². The minimum Gasteiger partial charge on any atom is -0.481 e. The van der Waals surface area contributed by atoms with Crippen LogP contribution in [0, 0.1) is 11.3 Å². The Labute approximate surface area is 97.9 Å². The first-order chi connectivity index (χ1) is 7.23. The third kappa shape index (κ3) is 3.78. The maximum atomic E-state index is 10.7. The number of carboxylic acid groups (broad SMARTS) is 1. The summed E-state index contributed by atoms with van der Waals surface area (Å²) in [6.07, 6.45) is 4.13. The summed E-state index contributed by atoms with van der Waals surface area (Å²) in [5.41, 5.74) is -0.708. The lowest BCUT2D eigenvalue weighted by molar-refractivity contribution is -0.143. The summed E-state index contributed by atoms with van der Waals surface area (Å²) in [7, 11) is 0. The van der Waals surface area contributed by atoms with Gasteiger partial charge >= 0.3 is 5.97 Å². The molecule has 0 radical (unpaired) electrons. The molecule has 1 aliphatic carbocycles. The highest BCUT2D eigenvalue weighted by molar-refractivity contribution is 5.68. The molecule has 94 valence electrons. The van der Waals surface area contributed by atoms with Crippen LogP contribution in [-0.2, 0) is 4.79 Å². The first-order valence-corrected chi connectivity index (χ1v) is 6.17. The van der Waals surface area contributed by atoms with E-state index in [1.165, 1.54) is 0 Å². The van der Waals surface area contributed by atoms with Gasteiger partial charge in [-0.2, -0.15) is 0 Å². The van der Waals surface area contributed by atoms with Crippen LogP contribution in [0.3, 0.4) is 0 Å². The lowest BCUT2D eigenvalue weighted by Gasteiger charge is -2.30. The molecule has 2 N–H and O–H groups in total. The van der Waals surface area contributed by atoms with E-state index in [1.54, 1.807) is 0 Å². The zero-order valence-corrected chi connectivity index (χ0v) is 10.6. The van der Waals surface area contributed by atoms with Gasteiger partial charge in [0.2, 0.25) is 0 Å². The first-order valence-electron chi connectivity index (χ1n) is 6.17. The lowest BCUT2D eigenvalue weighted by Crippen LogP contribution is -2.31. The number of carbonyl (C=O) groups is 1. The highest BCUT2D eigenvalue weighted by Crippen LogP contribution is 2.40. The zero-order valence-electron chi connectivity index (χ0n) is 10.6. The summed E-state index contributed by atoms with van der Waals surface area (Å²) >= 11 is 0. The number of hydrogen-bond donors (Lipinski definition) is 2. The van der Waals surface area contributed by atoms with Crippen molar-refractivity contribution < 1.29 is 15.0 Å². The number of hydrogen-bond acceptors (Lipinski definition) is 2. The minimum atomic E-state index is -0.966. The summed E-state index contributed by atoms with van der Waals surface area (Å²) in [5, 5.41) is 19.0. The van der Waals surface area contributed by atoms with Crippen LogP contribution in [-0.4, -0.2) is 21.8 Å². The molecule has 0 bridgehead atoms. The fourth-order valence-corrected chi connectivity index (χ4v) is 2.71. The van der Waals surface area contributed by atoms with Crippen LogP contribution in [0.4, 0.5) is 0 Å². The first kappa shape index (κ1) is 13.5. The number of aliphatic hydroxyl groups is 1. The highest BCUT2D eigenvalue weighted by atomic mass is 16.4. The third-order valence-electron chi connectivity index (χ3n) is 3.86. The van der Waals surface area contributed by atoms with E-state index in [1.807, 2.05) is 0 Å². The van der Waals surface area contributed by atoms with Crippen molar-refractivity contribution in [1.29, 1.82) is 0 Å². The molecular weight excluding hydrogens is 204 g/mol. The molecule has 1 rings (SSSR count). The molecule has 1 saturated carbocycles. The second-order valence-electron chi connectivity index (χ2n) is 6.29. The standard InChI is InChI=1S/C13H24O3/c1-12(2,3)10-5-4-7-13(16,8-6-10)9-11(14)15/h10,16H,4-9H2,1-3H3,(H,14,15). The molecule has 1 aliphatic rings. The van der Waals surface area contributed by atoms with E-state index in [0.717, 1.165) is 19.3 Å². The molecule has 2 unspecified atom stereocenters. The summed E-state index contributed by atoms with van der Waals surface area (Å²) in [5.74, 6) is -0.299. The van der Waals surface area contributed by atoms with Crippen molar-refractivity contribution in [2.45, 2.75) is 64.9 Å². The summed E-state index contributed by atoms with van der Waals surface area (Å²) in [6.45, 7) is 6.66. The van der Waals surface area contributed by atoms with Crippen molar-refractivity contribution in [3.63, 3.8) is 0 Å². The smallest absolute Gasteiger partial charge is 0.306 e. The van der Waals surface area contributed by atoms with Crippen molar-refractivity contribution in [1.82, 2.24) is 0 Å². The molecule has 0 aromatic carbocycles. The third-order valence-corrected chi connectivity index (χ3v) is 3.86. The van der Waals surface area contributed by atoms with E-state index >= 15 is 0 Å². The Balaban J connectivity index is 2.61. The lowest BCUT2D eigenvalue weighted by atomic mass is 9.76. The fraction of sp³-hybridized carbons (Fsp3) is 0.923. The Morgan fingerprint density at radius 2 is 1.94 bits per heavy atom. The molecule has 1 fully saturated rings. The topological polar surface area (TPSA) is 57.5 Å². The van der Waals surface area contributed by atoms with Gasteiger partial charge in [0.05, 0.1) is 12.0 Å². The average molecular weight is 228 g/mol. The molecule has 0 heterocycles. The SMILES string of the molecule is CC(C)(C)C1CCCC(O)(CC(=O)O)CC1. The number of aliphatic carboxylic acids is 1. The molecule has 16 heavy (non-hydrogen) atoms. The molecule has 0 saturated heterocycles. The Bertz CT molecular complexity index is 254. The fourth-order valence-electron chi connectivity index (χ4n) is 2.71. The van der Waals surface area contributed by atoms with Crippen LogP contribution in [0.5, 0.6) is 0 Å². The molecule has 0 aliphatic heterocycles. The quantitative estimate of drug-likeness (QED) is 0.714. The predicted octanol–water partition coefficient (Wildman–Crippen LogP) is 2.82. The van der Waals surface area contributed by atoms with E-state index < -0.39 is 11.6 Å². The highest BCUT2D eigenvalue weighted by Gasteiger charge is 2.36. The van der Waals surface area contributed by atoms with Crippen molar-refractivity contribution >= 4 is 5.97 Å². The van der Waals surface area contributed by atoms with E-state index in [9.17, 15) is 9.90 Å². The van der Waals surface area contributed by atoms with Crippen LogP contribution < -0.4 is 0 Å². The van der Waals surface area contributed by atoms with Gasteiger partial charge in [0.25, 0.3) is 0 Å². The van der Waals surface area contributed by atoms with Gasteiger partial charge < -0.3 is 10.2 Å². The molecule has 2 atom stereocenters. The van der Waals surface area contributed by atoms with Gasteiger partial charge in [-0.15, -0.1) is 0 Å². The van der Waals surface area contributed by atoms with Gasteiger partial charge in [-0.25, -0.2) is 0 Å². The average Bonchev–Trinajstić information content (AvgIpc) is 2.24. The minimum absolute atomic E-state index is 0.107. The van der Waals surface area contributed by atoms with Gasteiger partial charge in [-0.3, -0.25) is 4.79 Å². The zero-order chi connectivity index (χ0) is 12.4. The van der Waals surface area contributed by atoms with E-state index in [-0.39, 0.29) is 11.8 Å². The van der Waals surface area contributed by atoms with Crippen LogP contribution in [0.1, 0.15) is 59.3 Å². The molecule has 0 spiro atoms. The molecule has 0 amide bonds. The van der Waals surface area contributed by atoms with Crippen molar-refractivity contribution in [2.24, 2.45) is 11.3 Å². The Kier molecular flexibility index (Phi) is 4.00. The Morgan fingerprint density at radius 1 is 1.31 bits per heavy atom. The van der Waals surface area contributed by atoms with Crippen molar-refractivity contribution in [2.75, 3.05) is 0 Å². The maximum Gasteiger partial charge on any atom is 0.306 e. The maximum absolute atomic E-state index is 10.7. The molecule has 3 heteroatoms. The van der Waals surface area contributed by atoms with E-state index in [4.69, 9.17) is 5.11 Å². The monoisotopic (exact) mass is 228 g/mol. The molecular formula is C13H24O3. The van der Waals surface area contributed by atoms with Crippen LogP contribution in [0.15, 0.2) is 0 Å². The summed E-state index contributed by atoms with van der Waals surface area (Å²) < 4.78 is 0. The molecule has 0 aromatic rings. The van der Waals surface area contributed by atoms with Gasteiger partial charge in [0, 0.05) is 0 Å². The largest absolute Gasteiger partial charge is 0.481 e. The van der Waals surface area contributed by atoms with Crippen LogP contribution >= 0.6 is 0 Å². The molecule has 3 nitrogen and oxygen atoms in total. The normalized spacial score (nSPS) is 32.1.